The molecule has 1 aromatic heterocycles. The minimum atomic E-state index is -0.530. The summed E-state index contributed by atoms with van der Waals surface area (Å²) in [5.41, 5.74) is 0.445. The van der Waals surface area contributed by atoms with Gasteiger partial charge >= 0.3 is 11.9 Å². The third-order valence-electron chi connectivity index (χ3n) is 3.05. The number of esters is 2. The molecule has 2 N–H and O–H groups in total. The van der Waals surface area contributed by atoms with Crippen molar-refractivity contribution in [3.8, 4) is 0 Å². The predicted octanol–water partition coefficient (Wildman–Crippen LogP) is 1.51. The Morgan fingerprint density at radius 2 is 2.10 bits per heavy atom. The second-order valence-electron chi connectivity index (χ2n) is 5.96. The van der Waals surface area contributed by atoms with E-state index in [1.165, 1.54) is 0 Å². The summed E-state index contributed by atoms with van der Waals surface area (Å²) in [7, 11) is 0. The Balaban J connectivity index is 2.14. The summed E-state index contributed by atoms with van der Waals surface area (Å²) in [5.74, 6) is -0.491. The Morgan fingerprint density at radius 3 is 2.71 bits per heavy atom. The standard InChI is InChI=1S/C14H21N3O4/c1-5-20-13(19)10-9-6-8(7-15-11(9)17-16-10)12(18)21-14(2,3)4/h8H,5-7H2,1-4H3,(H2,15,16,17). The molecule has 2 rings (SSSR count). The Morgan fingerprint density at radius 1 is 1.38 bits per heavy atom. The normalized spacial score (nSPS) is 17.6. The number of carbonyl (C=O) groups excluding carboxylic acids is 2. The Kier molecular flexibility index (Phi) is 4.20. The van der Waals surface area contributed by atoms with Gasteiger partial charge in [-0.2, -0.15) is 5.10 Å². The molecule has 1 aliphatic rings. The number of rotatable bonds is 3. The van der Waals surface area contributed by atoms with Gasteiger partial charge in [0.15, 0.2) is 5.82 Å². The molecule has 0 spiro atoms. The maximum Gasteiger partial charge on any atom is 0.356 e. The number of nitrogens with one attached hydrogen (secondary N) is 2. The first-order valence-electron chi connectivity index (χ1n) is 7.03. The number of ether oxygens (including phenoxy) is 2. The fraction of sp³-hybridized carbons (Fsp3) is 0.643. The van der Waals surface area contributed by atoms with Crippen LogP contribution in [-0.2, 0) is 20.7 Å². The first-order valence-corrected chi connectivity index (χ1v) is 7.03. The molecule has 7 nitrogen and oxygen atoms in total. The van der Waals surface area contributed by atoms with Gasteiger partial charge in [0.2, 0.25) is 0 Å². The fourth-order valence-electron chi connectivity index (χ4n) is 2.17. The minimum Gasteiger partial charge on any atom is -0.461 e. The zero-order chi connectivity index (χ0) is 15.6. The van der Waals surface area contributed by atoms with E-state index in [2.05, 4.69) is 15.5 Å². The van der Waals surface area contributed by atoms with Gasteiger partial charge in [0.05, 0.1) is 12.5 Å². The van der Waals surface area contributed by atoms with E-state index in [4.69, 9.17) is 9.47 Å². The summed E-state index contributed by atoms with van der Waals surface area (Å²) >= 11 is 0. The maximum atomic E-state index is 12.1. The Bertz CT molecular complexity index is 545. The number of carbonyl (C=O) groups is 2. The smallest absolute Gasteiger partial charge is 0.356 e. The minimum absolute atomic E-state index is 0.281. The fourth-order valence-corrected chi connectivity index (χ4v) is 2.17. The molecule has 1 atom stereocenters. The van der Waals surface area contributed by atoms with Gasteiger partial charge in [0.1, 0.15) is 11.3 Å². The summed E-state index contributed by atoms with van der Waals surface area (Å²) in [6.45, 7) is 7.95. The van der Waals surface area contributed by atoms with E-state index >= 15 is 0 Å². The van der Waals surface area contributed by atoms with Crippen molar-refractivity contribution in [2.24, 2.45) is 5.92 Å². The second-order valence-corrected chi connectivity index (χ2v) is 5.96. The molecule has 0 radical (unpaired) electrons. The van der Waals surface area contributed by atoms with Crippen LogP contribution < -0.4 is 5.32 Å². The van der Waals surface area contributed by atoms with Crippen LogP contribution in [0, 0.1) is 5.92 Å². The molecular weight excluding hydrogens is 274 g/mol. The molecule has 0 saturated carbocycles. The number of hydrogen-bond acceptors (Lipinski definition) is 6. The molecule has 1 aliphatic heterocycles. The third-order valence-corrected chi connectivity index (χ3v) is 3.05. The van der Waals surface area contributed by atoms with Crippen molar-refractivity contribution in [3.63, 3.8) is 0 Å². The number of anilines is 1. The lowest BCUT2D eigenvalue weighted by atomic mass is 9.95. The van der Waals surface area contributed by atoms with E-state index in [-0.39, 0.29) is 18.5 Å². The van der Waals surface area contributed by atoms with Crippen LogP contribution in [0.3, 0.4) is 0 Å². The van der Waals surface area contributed by atoms with E-state index in [1.807, 2.05) is 20.8 Å². The number of nitrogens with zero attached hydrogens (tertiary/aromatic N) is 1. The monoisotopic (exact) mass is 295 g/mol. The number of hydrogen-bond donors (Lipinski definition) is 2. The van der Waals surface area contributed by atoms with Gasteiger partial charge in [0.25, 0.3) is 0 Å². The summed E-state index contributed by atoms with van der Waals surface area (Å²) in [5, 5.41) is 9.75. The molecule has 0 saturated heterocycles. The topological polar surface area (TPSA) is 93.3 Å². The van der Waals surface area contributed by atoms with Crippen molar-refractivity contribution in [2.75, 3.05) is 18.5 Å². The number of aromatic nitrogens is 2. The van der Waals surface area contributed by atoms with Gasteiger partial charge in [-0.3, -0.25) is 9.89 Å². The van der Waals surface area contributed by atoms with Gasteiger partial charge in [-0.05, 0) is 34.1 Å². The van der Waals surface area contributed by atoms with Gasteiger partial charge in [-0.25, -0.2) is 4.79 Å². The van der Waals surface area contributed by atoms with E-state index in [1.54, 1.807) is 6.92 Å². The molecule has 7 heteroatoms. The quantitative estimate of drug-likeness (QED) is 0.821. The molecule has 0 fully saturated rings. The van der Waals surface area contributed by atoms with Crippen molar-refractivity contribution in [1.29, 1.82) is 0 Å². The van der Waals surface area contributed by atoms with Crippen molar-refractivity contribution in [1.82, 2.24) is 10.2 Å². The van der Waals surface area contributed by atoms with Gasteiger partial charge in [0, 0.05) is 12.1 Å². The molecule has 1 aromatic rings. The van der Waals surface area contributed by atoms with Crippen molar-refractivity contribution in [3.05, 3.63) is 11.3 Å². The van der Waals surface area contributed by atoms with Crippen LogP contribution in [-0.4, -0.2) is 40.9 Å². The summed E-state index contributed by atoms with van der Waals surface area (Å²) in [6, 6.07) is 0. The average molecular weight is 295 g/mol. The average Bonchev–Trinajstić information content (AvgIpc) is 2.79. The Hall–Kier alpha value is -2.05. The lowest BCUT2D eigenvalue weighted by molar-refractivity contribution is -0.159. The van der Waals surface area contributed by atoms with E-state index < -0.39 is 11.6 Å². The van der Waals surface area contributed by atoms with Gasteiger partial charge < -0.3 is 14.8 Å². The van der Waals surface area contributed by atoms with Crippen LogP contribution in [0.15, 0.2) is 0 Å². The molecular formula is C14H21N3O4. The molecule has 2 heterocycles. The highest BCUT2D eigenvalue weighted by molar-refractivity contribution is 5.91. The molecule has 0 amide bonds. The molecule has 0 aliphatic carbocycles. The predicted molar refractivity (Wildman–Crippen MR) is 76.1 cm³/mol. The maximum absolute atomic E-state index is 12.1. The number of fused-ring (bicyclic) bond motifs is 1. The zero-order valence-corrected chi connectivity index (χ0v) is 12.8. The van der Waals surface area contributed by atoms with Crippen LogP contribution in [0.1, 0.15) is 43.7 Å². The number of H-pyrrole nitrogens is 1. The van der Waals surface area contributed by atoms with E-state index in [0.717, 1.165) is 0 Å². The lowest BCUT2D eigenvalue weighted by Crippen LogP contribution is -2.35. The highest BCUT2D eigenvalue weighted by Crippen LogP contribution is 2.27. The summed E-state index contributed by atoms with van der Waals surface area (Å²) < 4.78 is 10.4. The summed E-state index contributed by atoms with van der Waals surface area (Å²) in [4.78, 5) is 24.0. The van der Waals surface area contributed by atoms with Crippen LogP contribution >= 0.6 is 0 Å². The Labute approximate surface area is 123 Å². The van der Waals surface area contributed by atoms with Crippen LogP contribution in [0.5, 0.6) is 0 Å². The van der Waals surface area contributed by atoms with E-state index in [0.29, 0.717) is 30.0 Å². The number of aromatic amines is 1. The zero-order valence-electron chi connectivity index (χ0n) is 12.8. The van der Waals surface area contributed by atoms with Crippen LogP contribution in [0.25, 0.3) is 0 Å². The molecule has 116 valence electrons. The van der Waals surface area contributed by atoms with Crippen LogP contribution in [0.4, 0.5) is 5.82 Å². The SMILES string of the molecule is CCOC(=O)c1[nH]nc2c1CC(C(=O)OC(C)(C)C)CN2. The molecule has 0 aromatic carbocycles. The largest absolute Gasteiger partial charge is 0.461 e. The summed E-state index contributed by atoms with van der Waals surface area (Å²) in [6.07, 6.45) is 0.405. The molecule has 21 heavy (non-hydrogen) atoms. The van der Waals surface area contributed by atoms with Crippen molar-refractivity contribution < 1.29 is 19.1 Å². The first-order chi connectivity index (χ1) is 9.81. The first kappa shape index (κ1) is 15.3. The van der Waals surface area contributed by atoms with Crippen LogP contribution in [0.2, 0.25) is 0 Å². The van der Waals surface area contributed by atoms with Crippen molar-refractivity contribution in [2.45, 2.75) is 39.7 Å². The highest BCUT2D eigenvalue weighted by atomic mass is 16.6. The lowest BCUT2D eigenvalue weighted by Gasteiger charge is -2.26. The van der Waals surface area contributed by atoms with Crippen molar-refractivity contribution >= 4 is 17.8 Å². The van der Waals surface area contributed by atoms with E-state index in [9.17, 15) is 9.59 Å². The molecule has 1 unspecified atom stereocenters. The molecule has 0 bridgehead atoms. The highest BCUT2D eigenvalue weighted by Gasteiger charge is 2.33. The third kappa shape index (κ3) is 3.53. The van der Waals surface area contributed by atoms with Gasteiger partial charge in [-0.15, -0.1) is 0 Å². The van der Waals surface area contributed by atoms with Gasteiger partial charge in [-0.1, -0.05) is 0 Å². The second kappa shape index (κ2) is 5.75.